The molecule has 0 amide bonds. The number of rotatable bonds is 4. The first-order chi connectivity index (χ1) is 9.74. The Morgan fingerprint density at radius 1 is 0.750 bits per heavy atom. The van der Waals surface area contributed by atoms with Crippen molar-refractivity contribution >= 4 is 18.2 Å². The summed E-state index contributed by atoms with van der Waals surface area (Å²) in [5, 5.41) is 0. The third-order valence-corrected chi connectivity index (χ3v) is 3.06. The third-order valence-electron chi connectivity index (χ3n) is 3.06. The van der Waals surface area contributed by atoms with Crippen molar-refractivity contribution in [2.75, 3.05) is 0 Å². The topological polar surface area (TPSA) is 0 Å². The summed E-state index contributed by atoms with van der Waals surface area (Å²) in [4.78, 5) is 0. The van der Waals surface area contributed by atoms with Gasteiger partial charge in [-0.05, 0) is 28.7 Å². The second-order valence-corrected chi connectivity index (χ2v) is 4.33. The summed E-state index contributed by atoms with van der Waals surface area (Å²) in [6.07, 6.45) is 6.64. The maximum absolute atomic E-state index is 3.74. The molecule has 0 N–H and O–H groups in total. The molecule has 0 radical (unpaired) electrons. The van der Waals surface area contributed by atoms with Crippen LogP contribution in [-0.4, -0.2) is 0 Å². The molecule has 0 spiro atoms. The summed E-state index contributed by atoms with van der Waals surface area (Å²) in [5.41, 5.74) is 4.92. The Kier molecular flexibility index (Phi) is 6.84. The van der Waals surface area contributed by atoms with E-state index >= 15 is 0 Å². The average molecular weight is 262 g/mol. The van der Waals surface area contributed by atoms with E-state index in [1.54, 1.807) is 0 Å². The Balaban J connectivity index is 0.000000200. The van der Waals surface area contributed by atoms with Gasteiger partial charge in [0, 0.05) is 0 Å². The monoisotopic (exact) mass is 262 g/mol. The number of aryl methyl sites for hydroxylation is 1. The van der Waals surface area contributed by atoms with Gasteiger partial charge in [-0.15, -0.1) is 0 Å². The van der Waals surface area contributed by atoms with Crippen LogP contribution in [0.4, 0.5) is 0 Å². The van der Waals surface area contributed by atoms with Crippen LogP contribution in [0.3, 0.4) is 0 Å². The highest BCUT2D eigenvalue weighted by Gasteiger charge is 1.91. The number of hydrogen-bond acceptors (Lipinski definition) is 0. The Morgan fingerprint density at radius 3 is 1.60 bits per heavy atom. The zero-order valence-electron chi connectivity index (χ0n) is 12.2. The molecule has 0 saturated carbocycles. The number of hydrogen-bond donors (Lipinski definition) is 0. The van der Waals surface area contributed by atoms with Gasteiger partial charge in [0.05, 0.1) is 0 Å². The van der Waals surface area contributed by atoms with Crippen LogP contribution in [0.25, 0.3) is 18.2 Å². The van der Waals surface area contributed by atoms with Crippen LogP contribution in [0.1, 0.15) is 29.2 Å². The van der Waals surface area contributed by atoms with E-state index in [1.165, 1.54) is 11.1 Å². The lowest BCUT2D eigenvalue weighted by molar-refractivity contribution is 1.13. The van der Waals surface area contributed by atoms with Gasteiger partial charge in [-0.25, -0.2) is 0 Å². The van der Waals surface area contributed by atoms with Gasteiger partial charge in [-0.3, -0.25) is 0 Å². The van der Waals surface area contributed by atoms with Crippen molar-refractivity contribution < 1.29 is 0 Å². The van der Waals surface area contributed by atoms with Crippen LogP contribution < -0.4 is 0 Å². The Labute approximate surface area is 122 Å². The second kappa shape index (κ2) is 8.71. The normalized spacial score (nSPS) is 9.05. The van der Waals surface area contributed by atoms with Crippen molar-refractivity contribution in [1.29, 1.82) is 0 Å². The SMILES string of the molecule is C=Cc1ccc(C=C)cc1.C=Cc1ccccc1CC. The molecule has 102 valence electrons. The van der Waals surface area contributed by atoms with Gasteiger partial charge in [0.25, 0.3) is 0 Å². The minimum Gasteiger partial charge on any atom is -0.0985 e. The van der Waals surface area contributed by atoms with Crippen molar-refractivity contribution in [3.63, 3.8) is 0 Å². The highest BCUT2D eigenvalue weighted by Crippen LogP contribution is 2.09. The van der Waals surface area contributed by atoms with E-state index < -0.39 is 0 Å². The Morgan fingerprint density at radius 2 is 1.25 bits per heavy atom. The Bertz CT molecular complexity index is 532. The molecule has 0 aliphatic heterocycles. The molecule has 0 aliphatic rings. The largest absolute Gasteiger partial charge is 0.0985 e. The molecule has 20 heavy (non-hydrogen) atoms. The van der Waals surface area contributed by atoms with E-state index in [4.69, 9.17) is 0 Å². The molecule has 0 heteroatoms. The van der Waals surface area contributed by atoms with Gasteiger partial charge in [0.15, 0.2) is 0 Å². The van der Waals surface area contributed by atoms with Gasteiger partial charge in [-0.1, -0.05) is 93.4 Å². The van der Waals surface area contributed by atoms with E-state index in [9.17, 15) is 0 Å². The lowest BCUT2D eigenvalue weighted by Crippen LogP contribution is -1.83. The first-order valence-corrected chi connectivity index (χ1v) is 6.80. The molecule has 0 bridgehead atoms. The van der Waals surface area contributed by atoms with E-state index in [2.05, 4.69) is 44.9 Å². The van der Waals surface area contributed by atoms with Crippen molar-refractivity contribution in [3.05, 3.63) is 90.5 Å². The fourth-order valence-corrected chi connectivity index (χ4v) is 1.82. The first kappa shape index (κ1) is 15.7. The predicted molar refractivity (Wildman–Crippen MR) is 92.5 cm³/mol. The zero-order chi connectivity index (χ0) is 14.8. The van der Waals surface area contributed by atoms with Crippen LogP contribution in [0.2, 0.25) is 0 Å². The fourth-order valence-electron chi connectivity index (χ4n) is 1.82. The first-order valence-electron chi connectivity index (χ1n) is 6.80. The molecule has 0 fully saturated rings. The molecule has 0 aliphatic carbocycles. The fraction of sp³-hybridized carbons (Fsp3) is 0.100. The molecule has 2 aromatic rings. The summed E-state index contributed by atoms with van der Waals surface area (Å²) < 4.78 is 0. The van der Waals surface area contributed by atoms with Gasteiger partial charge in [0.2, 0.25) is 0 Å². The molecular weight excluding hydrogens is 240 g/mol. The molecule has 0 atom stereocenters. The molecule has 2 rings (SSSR count). The maximum Gasteiger partial charge on any atom is -0.0231 e. The van der Waals surface area contributed by atoms with Gasteiger partial charge in [-0.2, -0.15) is 0 Å². The predicted octanol–water partition coefficient (Wildman–Crippen LogP) is 5.86. The van der Waals surface area contributed by atoms with Crippen LogP contribution in [0.5, 0.6) is 0 Å². The number of benzene rings is 2. The second-order valence-electron chi connectivity index (χ2n) is 4.33. The molecular formula is C20H22. The highest BCUT2D eigenvalue weighted by atomic mass is 14.0. The standard InChI is InChI=1S/C10H10.C10H12/c1-3-9-5-7-10(4-2)8-6-9;1-3-9-7-5-6-8-10(9)4-2/h3-8H,1-2H2;3,5-8H,1,4H2,2H3. The average Bonchev–Trinajstić information content (AvgIpc) is 2.55. The molecule has 2 aromatic carbocycles. The van der Waals surface area contributed by atoms with Crippen LogP contribution in [0, 0.1) is 0 Å². The van der Waals surface area contributed by atoms with Crippen molar-refractivity contribution in [3.8, 4) is 0 Å². The quantitative estimate of drug-likeness (QED) is 0.647. The summed E-state index contributed by atoms with van der Waals surface area (Å²) in [5.74, 6) is 0. The Hall–Kier alpha value is -2.34. The molecule has 0 aromatic heterocycles. The summed E-state index contributed by atoms with van der Waals surface area (Å²) in [6.45, 7) is 13.2. The van der Waals surface area contributed by atoms with Gasteiger partial charge in [0.1, 0.15) is 0 Å². The van der Waals surface area contributed by atoms with E-state index in [-0.39, 0.29) is 0 Å². The lowest BCUT2D eigenvalue weighted by Gasteiger charge is -1.99. The van der Waals surface area contributed by atoms with Crippen LogP contribution >= 0.6 is 0 Å². The third kappa shape index (κ3) is 4.74. The van der Waals surface area contributed by atoms with Crippen molar-refractivity contribution in [2.45, 2.75) is 13.3 Å². The van der Waals surface area contributed by atoms with Crippen molar-refractivity contribution in [1.82, 2.24) is 0 Å². The van der Waals surface area contributed by atoms with Crippen LogP contribution in [0.15, 0.2) is 68.3 Å². The summed E-state index contributed by atoms with van der Waals surface area (Å²) in [6, 6.07) is 16.4. The molecule has 0 saturated heterocycles. The van der Waals surface area contributed by atoms with E-state index in [0.29, 0.717) is 0 Å². The molecule has 0 nitrogen and oxygen atoms in total. The summed E-state index contributed by atoms with van der Waals surface area (Å²) >= 11 is 0. The van der Waals surface area contributed by atoms with E-state index in [0.717, 1.165) is 17.5 Å². The zero-order valence-corrected chi connectivity index (χ0v) is 12.2. The highest BCUT2D eigenvalue weighted by molar-refractivity contribution is 5.53. The van der Waals surface area contributed by atoms with Gasteiger partial charge < -0.3 is 0 Å². The van der Waals surface area contributed by atoms with Gasteiger partial charge >= 0.3 is 0 Å². The van der Waals surface area contributed by atoms with Crippen LogP contribution in [-0.2, 0) is 6.42 Å². The maximum atomic E-state index is 3.74. The molecule has 0 unspecified atom stereocenters. The van der Waals surface area contributed by atoms with Crippen molar-refractivity contribution in [2.24, 2.45) is 0 Å². The van der Waals surface area contributed by atoms with E-state index in [1.807, 2.05) is 48.6 Å². The lowest BCUT2D eigenvalue weighted by atomic mass is 10.1. The minimum absolute atomic E-state index is 1.09. The smallest absolute Gasteiger partial charge is 0.0231 e. The molecule has 0 heterocycles. The summed E-state index contributed by atoms with van der Waals surface area (Å²) in [7, 11) is 0. The minimum atomic E-state index is 1.09.